The average Bonchev–Trinajstić information content (AvgIpc) is 2.67. The molecule has 128 valence electrons. The van der Waals surface area contributed by atoms with Crippen molar-refractivity contribution in [1.29, 1.82) is 0 Å². The van der Waals surface area contributed by atoms with Crippen LogP contribution in [0.15, 0.2) is 54.6 Å². The summed E-state index contributed by atoms with van der Waals surface area (Å²) in [4.78, 5) is 11.8. The highest BCUT2D eigenvalue weighted by molar-refractivity contribution is 6.01. The first-order chi connectivity index (χ1) is 12.3. The predicted molar refractivity (Wildman–Crippen MR) is 97.4 cm³/mol. The number of methoxy groups -OCH3 is 2. The third kappa shape index (κ3) is 3.35. The van der Waals surface area contributed by atoms with Crippen molar-refractivity contribution in [2.24, 2.45) is 0 Å². The zero-order valence-electron chi connectivity index (χ0n) is 14.3. The highest BCUT2D eigenvalue weighted by atomic mass is 16.5. The minimum absolute atomic E-state index is 0.257. The molecular formula is C21H20O4. The van der Waals surface area contributed by atoms with Gasteiger partial charge in [0.05, 0.1) is 33.0 Å². The number of carbonyl (C=O) groups is 1. The maximum Gasteiger partial charge on any atom is 0.154 e. The first-order valence-electron chi connectivity index (χ1n) is 8.02. The van der Waals surface area contributed by atoms with Crippen LogP contribution < -0.4 is 9.47 Å². The highest BCUT2D eigenvalue weighted by Crippen LogP contribution is 2.40. The molecule has 0 atom stereocenters. The van der Waals surface area contributed by atoms with E-state index >= 15 is 0 Å². The molecule has 0 spiro atoms. The maximum absolute atomic E-state index is 11.8. The van der Waals surface area contributed by atoms with Crippen LogP contribution in [0.1, 0.15) is 21.5 Å². The van der Waals surface area contributed by atoms with Gasteiger partial charge in [-0.25, -0.2) is 0 Å². The van der Waals surface area contributed by atoms with E-state index in [4.69, 9.17) is 14.2 Å². The first-order valence-corrected chi connectivity index (χ1v) is 8.02. The number of hydrogen-bond acceptors (Lipinski definition) is 4. The molecule has 0 unspecified atom stereocenters. The maximum atomic E-state index is 11.8. The minimum atomic E-state index is 0.257. The van der Waals surface area contributed by atoms with Crippen molar-refractivity contribution in [2.45, 2.75) is 13.2 Å². The Morgan fingerprint density at radius 2 is 1.40 bits per heavy atom. The molecule has 0 saturated carbocycles. The smallest absolute Gasteiger partial charge is 0.154 e. The zero-order chi connectivity index (χ0) is 17.6. The topological polar surface area (TPSA) is 44.8 Å². The van der Waals surface area contributed by atoms with Crippen molar-refractivity contribution in [3.8, 4) is 11.5 Å². The molecule has 0 amide bonds. The first kappa shape index (κ1) is 17.0. The summed E-state index contributed by atoms with van der Waals surface area (Å²) in [7, 11) is 3.17. The van der Waals surface area contributed by atoms with Crippen molar-refractivity contribution < 1.29 is 19.0 Å². The molecule has 0 N–H and O–H groups in total. The average molecular weight is 336 g/mol. The van der Waals surface area contributed by atoms with E-state index in [1.165, 1.54) is 0 Å². The monoisotopic (exact) mass is 336 g/mol. The van der Waals surface area contributed by atoms with E-state index in [-0.39, 0.29) is 6.61 Å². The van der Waals surface area contributed by atoms with Gasteiger partial charge in [-0.2, -0.15) is 0 Å². The lowest BCUT2D eigenvalue weighted by Crippen LogP contribution is -2.05. The summed E-state index contributed by atoms with van der Waals surface area (Å²) in [5.74, 6) is 1.19. The summed E-state index contributed by atoms with van der Waals surface area (Å²) in [5, 5.41) is 1.74. The van der Waals surface area contributed by atoms with Crippen molar-refractivity contribution in [2.75, 3.05) is 14.2 Å². The highest BCUT2D eigenvalue weighted by Gasteiger charge is 2.20. The van der Waals surface area contributed by atoms with E-state index in [9.17, 15) is 4.79 Å². The van der Waals surface area contributed by atoms with Gasteiger partial charge in [-0.3, -0.25) is 4.79 Å². The number of carbonyl (C=O) groups excluding carboxylic acids is 1. The molecule has 0 saturated heterocycles. The van der Waals surface area contributed by atoms with E-state index in [1.807, 2.05) is 54.6 Å². The van der Waals surface area contributed by atoms with Crippen LogP contribution >= 0.6 is 0 Å². The fraction of sp³-hybridized carbons (Fsp3) is 0.190. The van der Waals surface area contributed by atoms with Gasteiger partial charge in [0.1, 0.15) is 11.5 Å². The summed E-state index contributed by atoms with van der Waals surface area (Å²) in [6, 6.07) is 17.6. The lowest BCUT2D eigenvalue weighted by Gasteiger charge is -2.18. The Balaban J connectivity index is 2.01. The van der Waals surface area contributed by atoms with Crippen molar-refractivity contribution in [3.05, 3.63) is 71.3 Å². The van der Waals surface area contributed by atoms with E-state index < -0.39 is 0 Å². The number of benzene rings is 3. The Morgan fingerprint density at radius 3 is 2.00 bits per heavy atom. The molecule has 4 heteroatoms. The number of rotatable bonds is 7. The molecule has 25 heavy (non-hydrogen) atoms. The van der Waals surface area contributed by atoms with E-state index in [0.717, 1.165) is 22.6 Å². The zero-order valence-corrected chi connectivity index (χ0v) is 14.3. The second-order valence-corrected chi connectivity index (χ2v) is 5.60. The predicted octanol–water partition coefficient (Wildman–Crippen LogP) is 4.39. The Bertz CT molecular complexity index is 872. The van der Waals surface area contributed by atoms with Crippen LogP contribution in [0.3, 0.4) is 0 Å². The van der Waals surface area contributed by atoms with Crippen LogP contribution in [-0.4, -0.2) is 20.5 Å². The number of hydrogen-bond donors (Lipinski definition) is 0. The summed E-state index contributed by atoms with van der Waals surface area (Å²) >= 11 is 0. The molecule has 3 rings (SSSR count). The van der Waals surface area contributed by atoms with Gasteiger partial charge < -0.3 is 14.2 Å². The van der Waals surface area contributed by atoms with Crippen LogP contribution in [0.4, 0.5) is 0 Å². The van der Waals surface area contributed by atoms with Gasteiger partial charge in [-0.1, -0.05) is 54.6 Å². The SMILES string of the molecule is COc1c(C=O)c(COCc2ccccc2)c(OC)c2ccccc12. The van der Waals surface area contributed by atoms with Crippen LogP contribution in [0.2, 0.25) is 0 Å². The molecular weight excluding hydrogens is 316 g/mol. The molecule has 0 aliphatic rings. The van der Waals surface area contributed by atoms with E-state index in [2.05, 4.69) is 0 Å². The Labute approximate surface area is 146 Å². The Kier molecular flexibility index (Phi) is 5.31. The third-order valence-electron chi connectivity index (χ3n) is 4.14. The van der Waals surface area contributed by atoms with E-state index in [1.54, 1.807) is 14.2 Å². The number of ether oxygens (including phenoxy) is 3. The van der Waals surface area contributed by atoms with Gasteiger partial charge >= 0.3 is 0 Å². The quantitative estimate of drug-likeness (QED) is 0.600. The second kappa shape index (κ2) is 7.81. The standard InChI is InChI=1S/C21H20O4/c1-23-20-16-10-6-7-11-17(16)21(24-2)19(18(20)12-22)14-25-13-15-8-4-3-5-9-15/h3-12H,13-14H2,1-2H3. The molecule has 0 aliphatic carbocycles. The van der Waals surface area contributed by atoms with Crippen LogP contribution in [0.25, 0.3) is 10.8 Å². The van der Waals surface area contributed by atoms with Gasteiger partial charge in [-0.15, -0.1) is 0 Å². The van der Waals surface area contributed by atoms with E-state index in [0.29, 0.717) is 29.2 Å². The van der Waals surface area contributed by atoms with Gasteiger partial charge in [-0.05, 0) is 5.56 Å². The fourth-order valence-corrected chi connectivity index (χ4v) is 3.01. The van der Waals surface area contributed by atoms with Crippen molar-refractivity contribution >= 4 is 17.1 Å². The number of aldehydes is 1. The summed E-state index contributed by atoms with van der Waals surface area (Å²) in [6.45, 7) is 0.713. The molecule has 3 aromatic carbocycles. The lowest BCUT2D eigenvalue weighted by molar-refractivity contribution is 0.102. The third-order valence-corrected chi connectivity index (χ3v) is 4.14. The second-order valence-electron chi connectivity index (χ2n) is 5.60. The molecule has 0 radical (unpaired) electrons. The van der Waals surface area contributed by atoms with Gasteiger partial charge in [0.25, 0.3) is 0 Å². The summed E-state index contributed by atoms with van der Waals surface area (Å²) in [5.41, 5.74) is 2.23. The largest absolute Gasteiger partial charge is 0.496 e. The van der Waals surface area contributed by atoms with Crippen LogP contribution in [0, 0.1) is 0 Å². The molecule has 3 aromatic rings. The Morgan fingerprint density at radius 1 is 0.800 bits per heavy atom. The molecule has 0 heterocycles. The lowest BCUT2D eigenvalue weighted by atomic mass is 9.98. The fourth-order valence-electron chi connectivity index (χ4n) is 3.01. The normalized spacial score (nSPS) is 10.6. The molecule has 0 aliphatic heterocycles. The minimum Gasteiger partial charge on any atom is -0.496 e. The van der Waals surface area contributed by atoms with Crippen molar-refractivity contribution in [3.63, 3.8) is 0 Å². The summed E-state index contributed by atoms with van der Waals surface area (Å²) < 4.78 is 17.0. The van der Waals surface area contributed by atoms with Crippen LogP contribution in [-0.2, 0) is 18.0 Å². The molecule has 0 fully saturated rings. The molecule has 0 aromatic heterocycles. The van der Waals surface area contributed by atoms with Gasteiger partial charge in [0, 0.05) is 16.3 Å². The molecule has 4 nitrogen and oxygen atoms in total. The van der Waals surface area contributed by atoms with Crippen LogP contribution in [0.5, 0.6) is 11.5 Å². The Hall–Kier alpha value is -2.85. The summed E-state index contributed by atoms with van der Waals surface area (Å²) in [6.07, 6.45) is 0.801. The van der Waals surface area contributed by atoms with Crippen molar-refractivity contribution in [1.82, 2.24) is 0 Å². The van der Waals surface area contributed by atoms with Gasteiger partial charge in [0.2, 0.25) is 0 Å². The number of fused-ring (bicyclic) bond motifs is 1. The van der Waals surface area contributed by atoms with Gasteiger partial charge in [0.15, 0.2) is 6.29 Å². The molecule has 0 bridgehead atoms.